The summed E-state index contributed by atoms with van der Waals surface area (Å²) in [6.07, 6.45) is 0. The van der Waals surface area contributed by atoms with Crippen molar-refractivity contribution in [3.05, 3.63) is 71.5 Å². The number of oxazole rings is 1. The van der Waals surface area contributed by atoms with Crippen molar-refractivity contribution in [1.82, 2.24) is 4.98 Å². The van der Waals surface area contributed by atoms with Gasteiger partial charge in [-0.15, -0.1) is 0 Å². The third kappa shape index (κ3) is 2.28. The van der Waals surface area contributed by atoms with Crippen molar-refractivity contribution in [3.63, 3.8) is 0 Å². The van der Waals surface area contributed by atoms with Crippen molar-refractivity contribution in [2.45, 2.75) is 6.54 Å². The van der Waals surface area contributed by atoms with Gasteiger partial charge in [-0.25, -0.2) is 9.37 Å². The molecular formula is C18H11FN2O3. The lowest BCUT2D eigenvalue weighted by molar-refractivity contribution is 0.0812. The number of ketones is 2. The second-order valence-corrected chi connectivity index (χ2v) is 5.35. The number of nitrogens with one attached hydrogen (secondary N) is 1. The van der Waals surface area contributed by atoms with Gasteiger partial charge in [0.25, 0.3) is 5.78 Å². The summed E-state index contributed by atoms with van der Waals surface area (Å²) in [6.45, 7) is 0.211. The molecule has 1 heterocycles. The molecule has 1 aliphatic carbocycles. The van der Waals surface area contributed by atoms with Gasteiger partial charge in [0, 0.05) is 16.8 Å². The molecular weight excluding hydrogens is 311 g/mol. The Bertz CT molecular complexity index is 961. The molecule has 118 valence electrons. The summed E-state index contributed by atoms with van der Waals surface area (Å²) in [4.78, 5) is 28.4. The molecule has 2 aromatic carbocycles. The maximum atomic E-state index is 12.9. The van der Waals surface area contributed by atoms with Gasteiger partial charge in [-0.2, -0.15) is 0 Å². The first-order valence-electron chi connectivity index (χ1n) is 7.31. The Labute approximate surface area is 136 Å². The van der Waals surface area contributed by atoms with Gasteiger partial charge in [-0.05, 0) is 24.3 Å². The number of hydrogen-bond acceptors (Lipinski definition) is 5. The molecule has 6 heteroatoms. The number of anilines is 1. The topological polar surface area (TPSA) is 72.2 Å². The van der Waals surface area contributed by atoms with Crippen molar-refractivity contribution in [1.29, 1.82) is 0 Å². The molecule has 4 rings (SSSR count). The zero-order valence-electron chi connectivity index (χ0n) is 12.4. The second-order valence-electron chi connectivity index (χ2n) is 5.35. The average Bonchev–Trinajstić information content (AvgIpc) is 3.04. The fraction of sp³-hybridized carbons (Fsp3) is 0.0556. The number of nitrogens with zero attached hydrogens (tertiary/aromatic N) is 1. The predicted molar refractivity (Wildman–Crippen MR) is 84.3 cm³/mol. The summed E-state index contributed by atoms with van der Waals surface area (Å²) in [5.74, 6) is -0.980. The molecule has 0 atom stereocenters. The van der Waals surface area contributed by atoms with Crippen LogP contribution in [0.5, 0.6) is 0 Å². The zero-order valence-corrected chi connectivity index (χ0v) is 12.4. The summed E-state index contributed by atoms with van der Waals surface area (Å²) >= 11 is 0. The number of benzene rings is 2. The highest BCUT2D eigenvalue weighted by Crippen LogP contribution is 2.33. The Morgan fingerprint density at radius 2 is 1.67 bits per heavy atom. The van der Waals surface area contributed by atoms with Crippen LogP contribution in [0, 0.1) is 5.82 Å². The smallest absolute Gasteiger partial charge is 0.255 e. The van der Waals surface area contributed by atoms with E-state index in [0.29, 0.717) is 22.6 Å². The molecule has 0 amide bonds. The molecule has 5 nitrogen and oxygen atoms in total. The second kappa shape index (κ2) is 5.42. The van der Waals surface area contributed by atoms with Crippen LogP contribution in [0.1, 0.15) is 26.7 Å². The lowest BCUT2D eigenvalue weighted by atomic mass is 9.91. The number of carbonyl (C=O) groups is 2. The maximum absolute atomic E-state index is 12.9. The Balaban J connectivity index is 1.65. The van der Waals surface area contributed by atoms with Crippen LogP contribution < -0.4 is 5.32 Å². The minimum atomic E-state index is -0.666. The Kier molecular flexibility index (Phi) is 3.23. The molecule has 0 unspecified atom stereocenters. The molecule has 0 bridgehead atoms. The number of fused-ring (bicyclic) bond motifs is 3. The molecule has 0 fully saturated rings. The molecule has 0 saturated heterocycles. The van der Waals surface area contributed by atoms with Crippen LogP contribution in [0.25, 0.3) is 11.3 Å². The van der Waals surface area contributed by atoms with E-state index in [9.17, 15) is 14.0 Å². The number of hydrogen-bond donors (Lipinski definition) is 1. The lowest BCUT2D eigenvalue weighted by Crippen LogP contribution is -2.20. The minimum absolute atomic E-state index is 0.0367. The third-order valence-corrected chi connectivity index (χ3v) is 3.80. The fourth-order valence-electron chi connectivity index (χ4n) is 2.63. The molecule has 0 aliphatic heterocycles. The van der Waals surface area contributed by atoms with Crippen molar-refractivity contribution in [2.75, 3.05) is 5.32 Å². The Morgan fingerprint density at radius 3 is 2.42 bits per heavy atom. The van der Waals surface area contributed by atoms with Crippen LogP contribution in [0.3, 0.4) is 0 Å². The molecule has 24 heavy (non-hydrogen) atoms. The maximum Gasteiger partial charge on any atom is 0.255 e. The molecule has 3 aromatic rings. The molecule has 1 aromatic heterocycles. The van der Waals surface area contributed by atoms with E-state index in [4.69, 9.17) is 4.42 Å². The van der Waals surface area contributed by atoms with Gasteiger partial charge < -0.3 is 9.73 Å². The monoisotopic (exact) mass is 322 g/mol. The largest absolute Gasteiger partial charge is 0.438 e. The number of aromatic nitrogens is 1. The van der Waals surface area contributed by atoms with E-state index in [-0.39, 0.29) is 23.9 Å². The zero-order chi connectivity index (χ0) is 16.7. The van der Waals surface area contributed by atoms with E-state index in [2.05, 4.69) is 10.3 Å². The highest BCUT2D eigenvalue weighted by Gasteiger charge is 2.35. The first-order chi connectivity index (χ1) is 11.6. The van der Waals surface area contributed by atoms with Gasteiger partial charge in [-0.3, -0.25) is 9.59 Å². The van der Waals surface area contributed by atoms with E-state index in [1.54, 1.807) is 36.4 Å². The summed E-state index contributed by atoms with van der Waals surface area (Å²) in [7, 11) is 0. The van der Waals surface area contributed by atoms with Crippen LogP contribution >= 0.6 is 0 Å². The first kappa shape index (κ1) is 14.3. The highest BCUT2D eigenvalue weighted by atomic mass is 19.1. The van der Waals surface area contributed by atoms with Crippen molar-refractivity contribution >= 4 is 17.3 Å². The number of halogens is 1. The first-order valence-corrected chi connectivity index (χ1v) is 7.31. The van der Waals surface area contributed by atoms with Gasteiger partial charge >= 0.3 is 0 Å². The standard InChI is InChI=1S/C18H11FN2O3/c19-10-5-7-11(8-6-10)20-9-14-21-15-17(23)16(22)12-3-1-2-4-13(12)18(15)24-14/h1-8,20H,9H2. The van der Waals surface area contributed by atoms with Gasteiger partial charge in [0.15, 0.2) is 11.5 Å². The summed E-state index contributed by atoms with van der Waals surface area (Å²) in [6, 6.07) is 12.6. The van der Waals surface area contributed by atoms with Crippen molar-refractivity contribution in [2.24, 2.45) is 0 Å². The van der Waals surface area contributed by atoms with E-state index in [1.807, 2.05) is 0 Å². The molecule has 1 N–H and O–H groups in total. The van der Waals surface area contributed by atoms with Crippen LogP contribution in [0.4, 0.5) is 10.1 Å². The van der Waals surface area contributed by atoms with Crippen molar-refractivity contribution < 1.29 is 18.4 Å². The van der Waals surface area contributed by atoms with Crippen molar-refractivity contribution in [3.8, 4) is 11.3 Å². The third-order valence-electron chi connectivity index (χ3n) is 3.80. The van der Waals surface area contributed by atoms with Gasteiger partial charge in [0.2, 0.25) is 11.7 Å². The Morgan fingerprint density at radius 1 is 0.958 bits per heavy atom. The van der Waals surface area contributed by atoms with E-state index < -0.39 is 11.6 Å². The number of carbonyl (C=O) groups excluding carboxylic acids is 2. The van der Waals surface area contributed by atoms with Crippen LogP contribution in [0.15, 0.2) is 52.9 Å². The Hall–Kier alpha value is -3.28. The van der Waals surface area contributed by atoms with Crippen LogP contribution in [-0.4, -0.2) is 16.6 Å². The summed E-state index contributed by atoms with van der Waals surface area (Å²) in [5.41, 5.74) is 1.62. The predicted octanol–water partition coefficient (Wildman–Crippen LogP) is 3.47. The van der Waals surface area contributed by atoms with Crippen LogP contribution in [-0.2, 0) is 6.54 Å². The minimum Gasteiger partial charge on any atom is -0.438 e. The van der Waals surface area contributed by atoms with Crippen LogP contribution in [0.2, 0.25) is 0 Å². The van der Waals surface area contributed by atoms with E-state index >= 15 is 0 Å². The quantitative estimate of drug-likeness (QED) is 0.748. The summed E-state index contributed by atoms with van der Waals surface area (Å²) in [5, 5.41) is 3.03. The van der Waals surface area contributed by atoms with E-state index in [0.717, 1.165) is 0 Å². The highest BCUT2D eigenvalue weighted by molar-refractivity contribution is 6.52. The molecule has 1 aliphatic rings. The molecule has 0 radical (unpaired) electrons. The van der Waals surface area contributed by atoms with E-state index in [1.165, 1.54) is 12.1 Å². The fourth-order valence-corrected chi connectivity index (χ4v) is 2.63. The SMILES string of the molecule is O=C1C(=O)c2nc(CNc3ccc(F)cc3)oc2-c2ccccc21. The molecule has 0 saturated carbocycles. The van der Waals surface area contributed by atoms with Gasteiger partial charge in [0.05, 0.1) is 6.54 Å². The summed E-state index contributed by atoms with van der Waals surface area (Å²) < 4.78 is 18.6. The number of Topliss-reactive ketones (excluding diaryl/α,β-unsaturated/α-hetero) is 2. The number of rotatable bonds is 3. The lowest BCUT2D eigenvalue weighted by Gasteiger charge is -2.10. The normalized spacial score (nSPS) is 12.7. The average molecular weight is 322 g/mol. The van der Waals surface area contributed by atoms with Gasteiger partial charge in [0.1, 0.15) is 5.82 Å². The van der Waals surface area contributed by atoms with Gasteiger partial charge in [-0.1, -0.05) is 24.3 Å². The molecule has 0 spiro atoms.